The van der Waals surface area contributed by atoms with Gasteiger partial charge in [-0.15, -0.1) is 0 Å². The van der Waals surface area contributed by atoms with Crippen LogP contribution in [0, 0.1) is 5.82 Å². The summed E-state index contributed by atoms with van der Waals surface area (Å²) in [6.07, 6.45) is 3.36. The number of rotatable bonds is 2. The van der Waals surface area contributed by atoms with Crippen LogP contribution in [-0.2, 0) is 0 Å². The molecule has 1 aliphatic rings. The smallest absolute Gasteiger partial charge is 0.223 e. The van der Waals surface area contributed by atoms with Crippen LogP contribution < -0.4 is 10.6 Å². The summed E-state index contributed by atoms with van der Waals surface area (Å²) in [5, 5.41) is 6.45. The summed E-state index contributed by atoms with van der Waals surface area (Å²) in [6, 6.07) is 0. The number of aromatic nitrogens is 2. The average Bonchev–Trinajstić information content (AvgIpc) is 2.57. The van der Waals surface area contributed by atoms with Crippen molar-refractivity contribution in [2.75, 3.05) is 18.4 Å². The molecule has 0 amide bonds. The zero-order chi connectivity index (χ0) is 10.0. The maximum absolute atomic E-state index is 12.5. The van der Waals surface area contributed by atoms with Gasteiger partial charge in [-0.1, -0.05) is 0 Å². The molecule has 1 aromatic rings. The molecule has 2 heterocycles. The van der Waals surface area contributed by atoms with E-state index in [0.717, 1.165) is 19.5 Å². The zero-order valence-corrected chi connectivity index (χ0v) is 8.05. The fourth-order valence-electron chi connectivity index (χ4n) is 1.57. The van der Waals surface area contributed by atoms with Crippen LogP contribution in [0.15, 0.2) is 12.4 Å². The highest BCUT2D eigenvalue weighted by Gasteiger charge is 2.28. The van der Waals surface area contributed by atoms with Crippen molar-refractivity contribution >= 4 is 5.95 Å². The van der Waals surface area contributed by atoms with Crippen LogP contribution in [0.4, 0.5) is 10.3 Å². The monoisotopic (exact) mass is 196 g/mol. The van der Waals surface area contributed by atoms with E-state index in [2.05, 4.69) is 27.5 Å². The Morgan fingerprint density at radius 2 is 2.21 bits per heavy atom. The number of hydrogen-bond acceptors (Lipinski definition) is 4. The van der Waals surface area contributed by atoms with E-state index in [9.17, 15) is 4.39 Å². The first-order valence-electron chi connectivity index (χ1n) is 4.64. The quantitative estimate of drug-likeness (QED) is 0.734. The van der Waals surface area contributed by atoms with Gasteiger partial charge in [0.05, 0.1) is 17.9 Å². The van der Waals surface area contributed by atoms with E-state index in [0.29, 0.717) is 5.95 Å². The van der Waals surface area contributed by atoms with Gasteiger partial charge >= 0.3 is 0 Å². The van der Waals surface area contributed by atoms with E-state index >= 15 is 0 Å². The lowest BCUT2D eigenvalue weighted by Gasteiger charge is -2.24. The molecule has 5 heteroatoms. The third-order valence-corrected chi connectivity index (χ3v) is 2.40. The van der Waals surface area contributed by atoms with Crippen LogP contribution >= 0.6 is 0 Å². The van der Waals surface area contributed by atoms with Crippen molar-refractivity contribution in [2.24, 2.45) is 0 Å². The molecule has 0 aromatic carbocycles. The van der Waals surface area contributed by atoms with Gasteiger partial charge in [0.2, 0.25) is 5.95 Å². The molecule has 0 saturated carbocycles. The minimum absolute atomic E-state index is 0.0160. The third kappa shape index (κ3) is 1.98. The highest BCUT2D eigenvalue weighted by Crippen LogP contribution is 2.17. The first kappa shape index (κ1) is 9.33. The molecular formula is C9H13FN4. The van der Waals surface area contributed by atoms with Crippen molar-refractivity contribution in [1.29, 1.82) is 0 Å². The highest BCUT2D eigenvalue weighted by molar-refractivity contribution is 5.29. The summed E-state index contributed by atoms with van der Waals surface area (Å²) in [5.74, 6) is 0.0721. The zero-order valence-electron chi connectivity index (χ0n) is 8.05. The Bertz CT molecular complexity index is 305. The topological polar surface area (TPSA) is 49.8 Å². The molecule has 1 unspecified atom stereocenters. The van der Waals surface area contributed by atoms with E-state index in [1.807, 2.05) is 0 Å². The van der Waals surface area contributed by atoms with Crippen molar-refractivity contribution in [2.45, 2.75) is 18.9 Å². The lowest BCUT2D eigenvalue weighted by atomic mass is 10.0. The summed E-state index contributed by atoms with van der Waals surface area (Å²) < 4.78 is 12.5. The van der Waals surface area contributed by atoms with E-state index in [4.69, 9.17) is 0 Å². The first-order valence-corrected chi connectivity index (χ1v) is 4.64. The number of hydrogen-bond donors (Lipinski definition) is 2. The largest absolute Gasteiger partial charge is 0.348 e. The van der Waals surface area contributed by atoms with E-state index < -0.39 is 5.82 Å². The molecule has 1 fully saturated rings. The summed E-state index contributed by atoms with van der Waals surface area (Å²) in [7, 11) is 0. The summed E-state index contributed by atoms with van der Waals surface area (Å²) >= 11 is 0. The third-order valence-electron chi connectivity index (χ3n) is 2.40. The maximum Gasteiger partial charge on any atom is 0.223 e. The molecule has 2 N–H and O–H groups in total. The predicted molar refractivity (Wildman–Crippen MR) is 51.5 cm³/mol. The van der Waals surface area contributed by atoms with E-state index in [-0.39, 0.29) is 5.54 Å². The second-order valence-corrected chi connectivity index (χ2v) is 3.84. The Morgan fingerprint density at radius 3 is 2.79 bits per heavy atom. The minimum Gasteiger partial charge on any atom is -0.348 e. The molecule has 76 valence electrons. The Hall–Kier alpha value is -1.23. The van der Waals surface area contributed by atoms with Gasteiger partial charge in [-0.3, -0.25) is 0 Å². The van der Waals surface area contributed by atoms with Gasteiger partial charge < -0.3 is 10.6 Å². The van der Waals surface area contributed by atoms with Gasteiger partial charge in [0, 0.05) is 6.54 Å². The summed E-state index contributed by atoms with van der Waals surface area (Å²) in [6.45, 7) is 3.97. The Labute approximate surface area is 82.0 Å². The molecule has 0 aliphatic carbocycles. The van der Waals surface area contributed by atoms with Crippen LogP contribution in [-0.4, -0.2) is 28.6 Å². The van der Waals surface area contributed by atoms with Gasteiger partial charge in [-0.25, -0.2) is 14.4 Å². The fourth-order valence-corrected chi connectivity index (χ4v) is 1.57. The first-order chi connectivity index (χ1) is 6.68. The predicted octanol–water partition coefficient (Wildman–Crippen LogP) is 0.780. The molecule has 1 aliphatic heterocycles. The molecule has 1 aromatic heterocycles. The molecule has 0 spiro atoms. The molecule has 14 heavy (non-hydrogen) atoms. The molecule has 0 bridgehead atoms. The van der Waals surface area contributed by atoms with Gasteiger partial charge in [0.25, 0.3) is 0 Å². The van der Waals surface area contributed by atoms with Gasteiger partial charge in [0.1, 0.15) is 0 Å². The minimum atomic E-state index is -0.412. The molecule has 4 nitrogen and oxygen atoms in total. The van der Waals surface area contributed by atoms with Crippen molar-refractivity contribution < 1.29 is 4.39 Å². The Balaban J connectivity index is 2.06. The van der Waals surface area contributed by atoms with Gasteiger partial charge in [-0.2, -0.15) is 0 Å². The standard InChI is InChI=1S/C9H13FN4/c1-9(2-3-11-6-9)14-8-12-4-7(10)5-13-8/h4-5,11H,2-3,6H2,1H3,(H,12,13,14). The van der Waals surface area contributed by atoms with Crippen LogP contribution in [0.25, 0.3) is 0 Å². The van der Waals surface area contributed by atoms with E-state index in [1.165, 1.54) is 12.4 Å². The van der Waals surface area contributed by atoms with Crippen molar-refractivity contribution in [3.05, 3.63) is 18.2 Å². The number of halogens is 1. The maximum atomic E-state index is 12.5. The van der Waals surface area contributed by atoms with Crippen molar-refractivity contribution in [1.82, 2.24) is 15.3 Å². The summed E-state index contributed by atoms with van der Waals surface area (Å²) in [4.78, 5) is 7.72. The van der Waals surface area contributed by atoms with Crippen LogP contribution in [0.5, 0.6) is 0 Å². The normalized spacial score (nSPS) is 26.4. The lowest BCUT2D eigenvalue weighted by Crippen LogP contribution is -2.37. The molecular weight excluding hydrogens is 183 g/mol. The van der Waals surface area contributed by atoms with Gasteiger partial charge in [0.15, 0.2) is 5.82 Å². The number of anilines is 1. The van der Waals surface area contributed by atoms with E-state index in [1.54, 1.807) is 0 Å². The van der Waals surface area contributed by atoms with Crippen LogP contribution in [0.1, 0.15) is 13.3 Å². The second-order valence-electron chi connectivity index (χ2n) is 3.84. The van der Waals surface area contributed by atoms with Crippen molar-refractivity contribution in [3.8, 4) is 0 Å². The molecule has 1 saturated heterocycles. The SMILES string of the molecule is CC1(Nc2ncc(F)cn2)CCNC1. The van der Waals surface area contributed by atoms with Crippen LogP contribution in [0.2, 0.25) is 0 Å². The highest BCUT2D eigenvalue weighted by atomic mass is 19.1. The average molecular weight is 196 g/mol. The number of nitrogens with one attached hydrogen (secondary N) is 2. The fraction of sp³-hybridized carbons (Fsp3) is 0.556. The molecule has 1 atom stereocenters. The van der Waals surface area contributed by atoms with Gasteiger partial charge in [-0.05, 0) is 19.9 Å². The lowest BCUT2D eigenvalue weighted by molar-refractivity contribution is 0.557. The molecule has 2 rings (SSSR count). The number of nitrogens with zero attached hydrogens (tertiary/aromatic N) is 2. The van der Waals surface area contributed by atoms with Crippen molar-refractivity contribution in [3.63, 3.8) is 0 Å². The molecule has 0 radical (unpaired) electrons. The Kier molecular flexibility index (Phi) is 2.33. The van der Waals surface area contributed by atoms with Crippen LogP contribution in [0.3, 0.4) is 0 Å². The summed E-state index contributed by atoms with van der Waals surface area (Å²) in [5.41, 5.74) is -0.0160. The Morgan fingerprint density at radius 1 is 1.50 bits per heavy atom. The second kappa shape index (κ2) is 3.49.